The standard InChI is InChI=1S/C11H11Cl2NO5S/c1-5(10(14)15)4-20(18,19)8-3-6(12)2-7(9(8)13)11(16)17/h2-3,5H,4H2,1H3,(H2,14,15)(H,16,17). The Labute approximate surface area is 125 Å². The van der Waals surface area contributed by atoms with Crippen LogP contribution in [-0.4, -0.2) is 31.2 Å². The van der Waals surface area contributed by atoms with Crippen LogP contribution in [-0.2, 0) is 14.6 Å². The molecule has 0 aliphatic heterocycles. The number of carbonyl (C=O) groups is 2. The molecule has 1 amide bonds. The Balaban J connectivity index is 3.39. The Morgan fingerprint density at radius 2 is 1.90 bits per heavy atom. The van der Waals surface area contributed by atoms with Crippen LogP contribution in [0.25, 0.3) is 0 Å². The van der Waals surface area contributed by atoms with E-state index in [1.807, 2.05) is 0 Å². The number of nitrogens with two attached hydrogens (primary N) is 1. The summed E-state index contributed by atoms with van der Waals surface area (Å²) in [6.45, 7) is 1.34. The lowest BCUT2D eigenvalue weighted by atomic mass is 10.2. The second-order valence-corrected chi connectivity index (χ2v) is 6.97. The fourth-order valence-electron chi connectivity index (χ4n) is 1.45. The Bertz CT molecular complexity index is 672. The molecule has 0 bridgehead atoms. The number of sulfone groups is 1. The molecule has 1 rings (SSSR count). The Morgan fingerprint density at radius 1 is 1.35 bits per heavy atom. The van der Waals surface area contributed by atoms with E-state index in [0.29, 0.717) is 0 Å². The van der Waals surface area contributed by atoms with Crippen LogP contribution in [0.15, 0.2) is 17.0 Å². The maximum atomic E-state index is 12.2. The van der Waals surface area contributed by atoms with Gasteiger partial charge >= 0.3 is 5.97 Å². The molecule has 0 saturated heterocycles. The summed E-state index contributed by atoms with van der Waals surface area (Å²) in [5.41, 5.74) is 4.58. The van der Waals surface area contributed by atoms with E-state index in [1.54, 1.807) is 0 Å². The van der Waals surface area contributed by atoms with Crippen molar-refractivity contribution in [3.8, 4) is 0 Å². The average Bonchev–Trinajstić information content (AvgIpc) is 2.30. The predicted molar refractivity (Wildman–Crippen MR) is 73.8 cm³/mol. The number of halogens is 2. The van der Waals surface area contributed by atoms with Crippen molar-refractivity contribution >= 4 is 44.9 Å². The molecule has 0 fully saturated rings. The van der Waals surface area contributed by atoms with E-state index >= 15 is 0 Å². The topological polar surface area (TPSA) is 115 Å². The van der Waals surface area contributed by atoms with Crippen LogP contribution in [0, 0.1) is 5.92 Å². The lowest BCUT2D eigenvalue weighted by Crippen LogP contribution is -2.27. The molecular weight excluding hydrogens is 329 g/mol. The van der Waals surface area contributed by atoms with Crippen molar-refractivity contribution in [2.45, 2.75) is 11.8 Å². The number of hydrogen-bond donors (Lipinski definition) is 2. The summed E-state index contributed by atoms with van der Waals surface area (Å²) in [7, 11) is -3.99. The maximum Gasteiger partial charge on any atom is 0.337 e. The summed E-state index contributed by atoms with van der Waals surface area (Å²) in [5.74, 6) is -3.72. The van der Waals surface area contributed by atoms with Gasteiger partial charge in [0.2, 0.25) is 5.91 Å². The molecule has 6 nitrogen and oxygen atoms in total. The fraction of sp³-hybridized carbons (Fsp3) is 0.273. The molecule has 9 heteroatoms. The lowest BCUT2D eigenvalue weighted by Gasteiger charge is -2.12. The first-order chi connectivity index (χ1) is 9.06. The summed E-state index contributed by atoms with van der Waals surface area (Å²) in [6.07, 6.45) is 0. The van der Waals surface area contributed by atoms with Crippen LogP contribution >= 0.6 is 23.2 Å². The van der Waals surface area contributed by atoms with E-state index in [2.05, 4.69) is 0 Å². The molecule has 0 spiro atoms. The highest BCUT2D eigenvalue weighted by Gasteiger charge is 2.27. The Morgan fingerprint density at radius 3 is 2.35 bits per heavy atom. The first kappa shape index (κ1) is 16.7. The smallest absolute Gasteiger partial charge is 0.337 e. The molecule has 3 N–H and O–H groups in total. The van der Waals surface area contributed by atoms with Crippen LogP contribution in [0.3, 0.4) is 0 Å². The van der Waals surface area contributed by atoms with Gasteiger partial charge in [-0.2, -0.15) is 0 Å². The van der Waals surface area contributed by atoms with Crippen LogP contribution in [0.1, 0.15) is 17.3 Å². The third-order valence-electron chi connectivity index (χ3n) is 2.52. The van der Waals surface area contributed by atoms with E-state index in [-0.39, 0.29) is 5.02 Å². The highest BCUT2D eigenvalue weighted by molar-refractivity contribution is 7.91. The number of primary amides is 1. The summed E-state index contributed by atoms with van der Waals surface area (Å²) in [5, 5.41) is 8.41. The van der Waals surface area contributed by atoms with Crippen molar-refractivity contribution in [2.24, 2.45) is 11.7 Å². The SMILES string of the molecule is CC(CS(=O)(=O)c1cc(Cl)cc(C(=O)O)c1Cl)C(N)=O. The normalized spacial score (nSPS) is 12.9. The van der Waals surface area contributed by atoms with Crippen LogP contribution in [0.5, 0.6) is 0 Å². The van der Waals surface area contributed by atoms with E-state index in [4.69, 9.17) is 34.0 Å². The average molecular weight is 340 g/mol. The van der Waals surface area contributed by atoms with E-state index < -0.39 is 48.9 Å². The van der Waals surface area contributed by atoms with Crippen LogP contribution in [0.4, 0.5) is 0 Å². The zero-order valence-electron chi connectivity index (χ0n) is 10.3. The highest BCUT2D eigenvalue weighted by atomic mass is 35.5. The van der Waals surface area contributed by atoms with Gasteiger partial charge in [0.25, 0.3) is 0 Å². The summed E-state index contributed by atoms with van der Waals surface area (Å²) in [4.78, 5) is 21.5. The molecule has 0 aliphatic carbocycles. The van der Waals surface area contributed by atoms with Crippen LogP contribution in [0.2, 0.25) is 10.0 Å². The largest absolute Gasteiger partial charge is 0.478 e. The highest BCUT2D eigenvalue weighted by Crippen LogP contribution is 2.31. The van der Waals surface area contributed by atoms with Gasteiger partial charge in [0.15, 0.2) is 9.84 Å². The first-order valence-electron chi connectivity index (χ1n) is 5.30. The molecule has 110 valence electrons. The number of hydrogen-bond acceptors (Lipinski definition) is 4. The lowest BCUT2D eigenvalue weighted by molar-refractivity contribution is -0.120. The molecule has 0 radical (unpaired) electrons. The number of carboxylic acid groups (broad SMARTS) is 1. The minimum Gasteiger partial charge on any atom is -0.478 e. The van der Waals surface area contributed by atoms with Crippen molar-refractivity contribution in [1.82, 2.24) is 0 Å². The molecule has 1 aromatic rings. The van der Waals surface area contributed by atoms with Crippen molar-refractivity contribution in [3.63, 3.8) is 0 Å². The maximum absolute atomic E-state index is 12.2. The van der Waals surface area contributed by atoms with Crippen LogP contribution < -0.4 is 5.73 Å². The van der Waals surface area contributed by atoms with Crippen molar-refractivity contribution in [1.29, 1.82) is 0 Å². The molecular formula is C11H11Cl2NO5S. The number of aromatic carboxylic acids is 1. The van der Waals surface area contributed by atoms with Gasteiger partial charge in [-0.1, -0.05) is 30.1 Å². The number of rotatable bonds is 5. The van der Waals surface area contributed by atoms with Gasteiger partial charge in [0, 0.05) is 10.9 Å². The molecule has 1 atom stereocenters. The molecule has 0 saturated carbocycles. The number of carbonyl (C=O) groups excluding carboxylic acids is 1. The Hall–Kier alpha value is -1.31. The number of amides is 1. The summed E-state index contributed by atoms with van der Waals surface area (Å²) < 4.78 is 24.3. The molecule has 0 aliphatic rings. The third kappa shape index (κ3) is 3.62. The molecule has 0 heterocycles. The molecule has 0 aromatic heterocycles. The van der Waals surface area contributed by atoms with E-state index in [9.17, 15) is 18.0 Å². The second kappa shape index (κ2) is 5.99. The third-order valence-corrected chi connectivity index (χ3v) is 5.19. The molecule has 20 heavy (non-hydrogen) atoms. The van der Waals surface area contributed by atoms with Crippen molar-refractivity contribution in [2.75, 3.05) is 5.75 Å². The monoisotopic (exact) mass is 339 g/mol. The fourth-order valence-corrected chi connectivity index (χ4v) is 3.96. The van der Waals surface area contributed by atoms with E-state index in [0.717, 1.165) is 12.1 Å². The van der Waals surface area contributed by atoms with Crippen molar-refractivity contribution in [3.05, 3.63) is 27.7 Å². The zero-order chi connectivity index (χ0) is 15.7. The minimum atomic E-state index is -3.99. The predicted octanol–water partition coefficient (Wildman–Crippen LogP) is 1.59. The molecule has 1 aromatic carbocycles. The number of carboxylic acids is 1. The first-order valence-corrected chi connectivity index (χ1v) is 7.71. The van der Waals surface area contributed by atoms with E-state index in [1.165, 1.54) is 6.92 Å². The van der Waals surface area contributed by atoms with Crippen molar-refractivity contribution < 1.29 is 23.1 Å². The number of benzene rings is 1. The van der Waals surface area contributed by atoms with Gasteiger partial charge in [-0.05, 0) is 12.1 Å². The van der Waals surface area contributed by atoms with Gasteiger partial charge in [-0.15, -0.1) is 0 Å². The zero-order valence-corrected chi connectivity index (χ0v) is 12.6. The summed E-state index contributed by atoms with van der Waals surface area (Å²) in [6, 6.07) is 2.09. The van der Waals surface area contributed by atoms with Gasteiger partial charge in [0.05, 0.1) is 21.2 Å². The van der Waals surface area contributed by atoms with Gasteiger partial charge in [0.1, 0.15) is 0 Å². The van der Waals surface area contributed by atoms with Gasteiger partial charge in [-0.25, -0.2) is 13.2 Å². The quantitative estimate of drug-likeness (QED) is 0.845. The minimum absolute atomic E-state index is 0.0860. The second-order valence-electron chi connectivity index (χ2n) is 4.16. The Kier molecular flexibility index (Phi) is 5.01. The summed E-state index contributed by atoms with van der Waals surface area (Å²) >= 11 is 11.5. The van der Waals surface area contributed by atoms with Gasteiger partial charge < -0.3 is 10.8 Å². The van der Waals surface area contributed by atoms with Gasteiger partial charge in [-0.3, -0.25) is 4.79 Å². The molecule has 1 unspecified atom stereocenters.